The smallest absolute Gasteiger partial charge is 0.244 e. The van der Waals surface area contributed by atoms with Gasteiger partial charge in [-0.25, -0.2) is 0 Å². The SMILES string of the molecule is CCCNC(=O)[C@H]1[C@H]2C(=O)N(CCCCCO)C(C(=O)NC(C)C)C23CC(Br)[C@@H]1S3. The Kier molecular flexibility index (Phi) is 7.77. The maximum atomic E-state index is 13.6. The Labute approximate surface area is 191 Å². The van der Waals surface area contributed by atoms with E-state index in [2.05, 4.69) is 26.6 Å². The number of carbonyl (C=O) groups excluding carboxylic acids is 3. The van der Waals surface area contributed by atoms with Crippen molar-refractivity contribution >= 4 is 45.4 Å². The van der Waals surface area contributed by atoms with E-state index in [1.165, 1.54) is 0 Å². The van der Waals surface area contributed by atoms with Crippen LogP contribution in [0.4, 0.5) is 0 Å². The van der Waals surface area contributed by atoms with Gasteiger partial charge < -0.3 is 20.6 Å². The summed E-state index contributed by atoms with van der Waals surface area (Å²) in [5, 5.41) is 15.1. The summed E-state index contributed by atoms with van der Waals surface area (Å²) in [6.45, 7) is 7.04. The van der Waals surface area contributed by atoms with Crippen LogP contribution in [0.3, 0.4) is 0 Å². The first-order valence-corrected chi connectivity index (χ1v) is 12.9. The number of thioether (sulfide) groups is 1. The summed E-state index contributed by atoms with van der Waals surface area (Å²) >= 11 is 5.43. The molecule has 6 atom stereocenters. The number of unbranched alkanes of at least 4 members (excludes halogenated alkanes) is 2. The molecule has 3 rings (SSSR count). The van der Waals surface area contributed by atoms with Crippen LogP contribution in [-0.2, 0) is 14.4 Å². The minimum absolute atomic E-state index is 0.00157. The second-order valence-electron chi connectivity index (χ2n) is 8.93. The molecule has 0 aliphatic carbocycles. The molecule has 0 aromatic carbocycles. The molecule has 3 amide bonds. The lowest BCUT2D eigenvalue weighted by Crippen LogP contribution is -2.55. The van der Waals surface area contributed by atoms with Gasteiger partial charge in [-0.1, -0.05) is 22.9 Å². The average molecular weight is 504 g/mol. The molecule has 30 heavy (non-hydrogen) atoms. The zero-order chi connectivity index (χ0) is 22.1. The Hall–Kier alpha value is -0.800. The first kappa shape index (κ1) is 23.9. The predicted octanol–water partition coefficient (Wildman–Crippen LogP) is 1.66. The van der Waals surface area contributed by atoms with E-state index in [0.29, 0.717) is 25.9 Å². The van der Waals surface area contributed by atoms with Crippen molar-refractivity contribution in [3.05, 3.63) is 0 Å². The molecule has 3 heterocycles. The number of amides is 3. The van der Waals surface area contributed by atoms with Crippen LogP contribution in [0.25, 0.3) is 0 Å². The van der Waals surface area contributed by atoms with Crippen LogP contribution in [0.15, 0.2) is 0 Å². The van der Waals surface area contributed by atoms with Gasteiger partial charge in [0.15, 0.2) is 0 Å². The number of alkyl halides is 1. The van der Waals surface area contributed by atoms with Crippen LogP contribution in [0.2, 0.25) is 0 Å². The molecule has 7 nitrogen and oxygen atoms in total. The van der Waals surface area contributed by atoms with Crippen LogP contribution in [0, 0.1) is 11.8 Å². The van der Waals surface area contributed by atoms with Crippen molar-refractivity contribution in [3.8, 4) is 0 Å². The maximum Gasteiger partial charge on any atom is 0.244 e. The average Bonchev–Trinajstić information content (AvgIpc) is 3.26. The highest BCUT2D eigenvalue weighted by Gasteiger charge is 2.75. The Morgan fingerprint density at radius 1 is 1.30 bits per heavy atom. The lowest BCUT2D eigenvalue weighted by Gasteiger charge is -2.35. The van der Waals surface area contributed by atoms with Gasteiger partial charge in [-0.2, -0.15) is 0 Å². The molecule has 0 radical (unpaired) electrons. The van der Waals surface area contributed by atoms with E-state index in [4.69, 9.17) is 5.11 Å². The van der Waals surface area contributed by atoms with E-state index >= 15 is 0 Å². The van der Waals surface area contributed by atoms with Crippen molar-refractivity contribution in [2.75, 3.05) is 19.7 Å². The largest absolute Gasteiger partial charge is 0.396 e. The summed E-state index contributed by atoms with van der Waals surface area (Å²) in [7, 11) is 0. The van der Waals surface area contributed by atoms with Gasteiger partial charge in [0.25, 0.3) is 0 Å². The third kappa shape index (κ3) is 4.13. The summed E-state index contributed by atoms with van der Waals surface area (Å²) in [4.78, 5) is 41.8. The summed E-state index contributed by atoms with van der Waals surface area (Å²) in [5.74, 6) is -1.12. The van der Waals surface area contributed by atoms with Crippen LogP contribution >= 0.6 is 27.7 Å². The standard InChI is InChI=1S/C21H34BrN3O4S/c1-4-8-23-18(27)14-15-20(29)25(9-6-5-7-10-26)17(19(28)24-12(2)3)21(15)11-13(22)16(14)30-21/h12-17,26H,4-11H2,1-3H3,(H,23,27)(H,24,28)/t13?,14-,15-,16-,17?,21?/m0/s1. The highest BCUT2D eigenvalue weighted by atomic mass is 79.9. The number of likely N-dealkylation sites (tertiary alicyclic amines) is 1. The second kappa shape index (κ2) is 9.77. The molecule has 0 aromatic rings. The lowest BCUT2D eigenvalue weighted by molar-refractivity contribution is -0.140. The summed E-state index contributed by atoms with van der Waals surface area (Å²) in [6.07, 6.45) is 3.77. The number of nitrogens with zero attached hydrogens (tertiary/aromatic N) is 1. The van der Waals surface area contributed by atoms with Crippen molar-refractivity contribution in [2.24, 2.45) is 11.8 Å². The van der Waals surface area contributed by atoms with Crippen LogP contribution in [0.5, 0.6) is 0 Å². The van der Waals surface area contributed by atoms with E-state index in [-0.39, 0.29) is 40.4 Å². The number of rotatable bonds is 10. The highest BCUT2D eigenvalue weighted by Crippen LogP contribution is 2.67. The Morgan fingerprint density at radius 2 is 2.03 bits per heavy atom. The number of carbonyl (C=O) groups is 3. The van der Waals surface area contributed by atoms with Crippen molar-refractivity contribution in [1.29, 1.82) is 0 Å². The molecular formula is C21H34BrN3O4S. The van der Waals surface area contributed by atoms with Crippen LogP contribution in [0.1, 0.15) is 52.9 Å². The summed E-state index contributed by atoms with van der Waals surface area (Å²) < 4.78 is -0.569. The quantitative estimate of drug-likeness (QED) is 0.311. The molecule has 3 unspecified atom stereocenters. The van der Waals surface area contributed by atoms with E-state index in [0.717, 1.165) is 19.3 Å². The minimum Gasteiger partial charge on any atom is -0.396 e. The lowest BCUT2D eigenvalue weighted by atomic mass is 9.70. The zero-order valence-electron chi connectivity index (χ0n) is 18.0. The molecule has 0 saturated carbocycles. The Bertz CT molecular complexity index is 679. The van der Waals surface area contributed by atoms with Gasteiger partial charge in [0.05, 0.1) is 16.6 Å². The number of fused-ring (bicyclic) bond motifs is 1. The van der Waals surface area contributed by atoms with Gasteiger partial charge in [0.2, 0.25) is 17.7 Å². The fourth-order valence-corrected chi connectivity index (χ4v) is 8.88. The minimum atomic E-state index is -0.569. The van der Waals surface area contributed by atoms with E-state index < -0.39 is 22.6 Å². The van der Waals surface area contributed by atoms with Crippen molar-refractivity contribution in [3.63, 3.8) is 0 Å². The Balaban J connectivity index is 1.92. The fraction of sp³-hybridized carbons (Fsp3) is 0.857. The fourth-order valence-electron chi connectivity index (χ4n) is 5.27. The number of hydrogen-bond acceptors (Lipinski definition) is 5. The molecule has 3 N–H and O–H groups in total. The highest BCUT2D eigenvalue weighted by molar-refractivity contribution is 9.09. The number of halogens is 1. The van der Waals surface area contributed by atoms with Crippen LogP contribution < -0.4 is 10.6 Å². The van der Waals surface area contributed by atoms with Crippen molar-refractivity contribution < 1.29 is 19.5 Å². The molecule has 3 aliphatic heterocycles. The van der Waals surface area contributed by atoms with Crippen molar-refractivity contribution in [2.45, 2.75) is 79.8 Å². The molecule has 170 valence electrons. The van der Waals surface area contributed by atoms with Crippen molar-refractivity contribution in [1.82, 2.24) is 15.5 Å². The van der Waals surface area contributed by atoms with Crippen LogP contribution in [-0.4, -0.2) is 74.3 Å². The first-order valence-electron chi connectivity index (χ1n) is 11.1. The van der Waals surface area contributed by atoms with Gasteiger partial charge in [0, 0.05) is 35.8 Å². The molecule has 0 aromatic heterocycles. The van der Waals surface area contributed by atoms with Gasteiger partial charge >= 0.3 is 0 Å². The molecule has 1 spiro atoms. The predicted molar refractivity (Wildman–Crippen MR) is 121 cm³/mol. The molecule has 9 heteroatoms. The number of aliphatic hydroxyl groups excluding tert-OH is 1. The van der Waals surface area contributed by atoms with E-state index in [9.17, 15) is 14.4 Å². The monoisotopic (exact) mass is 503 g/mol. The molecule has 2 bridgehead atoms. The zero-order valence-corrected chi connectivity index (χ0v) is 20.4. The van der Waals surface area contributed by atoms with Gasteiger partial charge in [0.1, 0.15) is 6.04 Å². The van der Waals surface area contributed by atoms with Gasteiger partial charge in [-0.15, -0.1) is 11.8 Å². The van der Waals surface area contributed by atoms with Gasteiger partial charge in [-0.3, -0.25) is 14.4 Å². The third-order valence-corrected chi connectivity index (χ3v) is 9.60. The Morgan fingerprint density at radius 3 is 2.67 bits per heavy atom. The molecule has 3 aliphatic rings. The topological polar surface area (TPSA) is 98.7 Å². The first-order chi connectivity index (χ1) is 14.3. The molecule has 3 saturated heterocycles. The third-order valence-electron chi connectivity index (χ3n) is 6.38. The number of aliphatic hydroxyl groups is 1. The maximum absolute atomic E-state index is 13.6. The molecule has 3 fully saturated rings. The van der Waals surface area contributed by atoms with Gasteiger partial charge in [-0.05, 0) is 46.0 Å². The summed E-state index contributed by atoms with van der Waals surface area (Å²) in [5.41, 5.74) is 0. The summed E-state index contributed by atoms with van der Waals surface area (Å²) in [6, 6.07) is -0.586. The van der Waals surface area contributed by atoms with E-state index in [1.54, 1.807) is 16.7 Å². The van der Waals surface area contributed by atoms with E-state index in [1.807, 2.05) is 20.8 Å². The number of hydrogen-bond donors (Lipinski definition) is 3. The second-order valence-corrected chi connectivity index (χ2v) is 11.7. The normalized spacial score (nSPS) is 34.5. The molecular weight excluding hydrogens is 470 g/mol. The number of nitrogens with one attached hydrogen (secondary N) is 2.